The summed E-state index contributed by atoms with van der Waals surface area (Å²) in [6.45, 7) is 3.89. The predicted molar refractivity (Wildman–Crippen MR) is 105 cm³/mol. The second-order valence-electron chi connectivity index (χ2n) is 6.72. The number of hydrogen-bond acceptors (Lipinski definition) is 4. The SMILES string of the molecule is CCC(F)CN(C)C(=O)Cc1ccc2nc(Nc3ccccc3C)oc2c1. The summed E-state index contributed by atoms with van der Waals surface area (Å²) in [5.74, 6) is -0.122. The van der Waals surface area contributed by atoms with Crippen LogP contribution in [-0.2, 0) is 11.2 Å². The van der Waals surface area contributed by atoms with Crippen LogP contribution in [0.2, 0.25) is 0 Å². The summed E-state index contributed by atoms with van der Waals surface area (Å²) in [7, 11) is 1.63. The maximum absolute atomic E-state index is 13.5. The number of alkyl halides is 1. The van der Waals surface area contributed by atoms with E-state index in [2.05, 4.69) is 10.3 Å². The maximum Gasteiger partial charge on any atom is 0.300 e. The molecule has 1 heterocycles. The molecule has 0 radical (unpaired) electrons. The number of fused-ring (bicyclic) bond motifs is 1. The number of aromatic nitrogens is 1. The number of nitrogens with zero attached hydrogens (tertiary/aromatic N) is 2. The van der Waals surface area contributed by atoms with E-state index in [-0.39, 0.29) is 18.9 Å². The smallest absolute Gasteiger partial charge is 0.300 e. The van der Waals surface area contributed by atoms with Crippen molar-refractivity contribution in [2.24, 2.45) is 0 Å². The molecule has 0 saturated heterocycles. The van der Waals surface area contributed by atoms with Crippen LogP contribution in [0.1, 0.15) is 24.5 Å². The number of likely N-dealkylation sites (N-methyl/N-ethyl adjacent to an activating group) is 1. The van der Waals surface area contributed by atoms with E-state index in [4.69, 9.17) is 4.42 Å². The molecule has 1 unspecified atom stereocenters. The van der Waals surface area contributed by atoms with Crippen molar-refractivity contribution in [3.05, 3.63) is 53.6 Å². The number of halogens is 1. The van der Waals surface area contributed by atoms with E-state index in [0.29, 0.717) is 23.5 Å². The molecule has 3 rings (SSSR count). The number of rotatable bonds is 7. The van der Waals surface area contributed by atoms with Crippen molar-refractivity contribution < 1.29 is 13.6 Å². The average Bonchev–Trinajstić information content (AvgIpc) is 3.05. The highest BCUT2D eigenvalue weighted by Gasteiger charge is 2.15. The number of anilines is 2. The minimum atomic E-state index is -0.995. The number of benzene rings is 2. The predicted octanol–water partition coefficient (Wildman–Crippen LogP) is 4.63. The zero-order valence-corrected chi connectivity index (χ0v) is 15.8. The van der Waals surface area contributed by atoms with E-state index < -0.39 is 6.17 Å². The third kappa shape index (κ3) is 4.64. The highest BCUT2D eigenvalue weighted by atomic mass is 19.1. The van der Waals surface area contributed by atoms with Crippen LogP contribution in [-0.4, -0.2) is 35.6 Å². The van der Waals surface area contributed by atoms with E-state index in [1.54, 1.807) is 14.0 Å². The summed E-state index contributed by atoms with van der Waals surface area (Å²) in [6, 6.07) is 13.8. The lowest BCUT2D eigenvalue weighted by atomic mass is 10.1. The Morgan fingerprint density at radius 3 is 2.81 bits per heavy atom. The summed E-state index contributed by atoms with van der Waals surface area (Å²) < 4.78 is 19.3. The van der Waals surface area contributed by atoms with Crippen LogP contribution >= 0.6 is 0 Å². The molecule has 142 valence electrons. The molecule has 0 saturated carbocycles. The minimum Gasteiger partial charge on any atom is -0.423 e. The lowest BCUT2D eigenvalue weighted by Gasteiger charge is -2.18. The minimum absolute atomic E-state index is 0.115. The van der Waals surface area contributed by atoms with Crippen molar-refractivity contribution >= 4 is 28.7 Å². The fraction of sp³-hybridized carbons (Fsp3) is 0.333. The molecule has 3 aromatic rings. The van der Waals surface area contributed by atoms with Gasteiger partial charge >= 0.3 is 0 Å². The van der Waals surface area contributed by atoms with Gasteiger partial charge in [-0.15, -0.1) is 0 Å². The van der Waals surface area contributed by atoms with Gasteiger partial charge in [0.1, 0.15) is 11.7 Å². The summed E-state index contributed by atoms with van der Waals surface area (Å²) >= 11 is 0. The highest BCUT2D eigenvalue weighted by molar-refractivity contribution is 5.81. The first-order chi connectivity index (χ1) is 13.0. The molecule has 1 atom stereocenters. The second kappa shape index (κ2) is 8.20. The highest BCUT2D eigenvalue weighted by Crippen LogP contribution is 2.25. The Bertz CT molecular complexity index is 938. The van der Waals surface area contributed by atoms with Gasteiger partial charge in [0.05, 0.1) is 13.0 Å². The van der Waals surface area contributed by atoms with Crippen LogP contribution in [0.3, 0.4) is 0 Å². The Labute approximate surface area is 158 Å². The summed E-state index contributed by atoms with van der Waals surface area (Å²) in [4.78, 5) is 18.2. The molecule has 1 N–H and O–H groups in total. The van der Waals surface area contributed by atoms with Crippen molar-refractivity contribution in [2.75, 3.05) is 18.9 Å². The summed E-state index contributed by atoms with van der Waals surface area (Å²) in [6.07, 6.45) is -0.395. The van der Waals surface area contributed by atoms with Gasteiger partial charge in [-0.1, -0.05) is 31.2 Å². The Morgan fingerprint density at radius 1 is 1.30 bits per heavy atom. The molecule has 5 nitrogen and oxygen atoms in total. The lowest BCUT2D eigenvalue weighted by Crippen LogP contribution is -2.33. The largest absolute Gasteiger partial charge is 0.423 e. The standard InChI is InChI=1S/C21H24FN3O2/c1-4-16(22)13-25(3)20(26)12-15-9-10-18-19(11-15)27-21(24-18)23-17-8-6-5-7-14(17)2/h5-11,16H,4,12-13H2,1-3H3,(H,23,24). The topological polar surface area (TPSA) is 58.4 Å². The average molecular weight is 369 g/mol. The zero-order chi connectivity index (χ0) is 19.4. The quantitative estimate of drug-likeness (QED) is 0.660. The summed E-state index contributed by atoms with van der Waals surface area (Å²) in [5.41, 5.74) is 4.15. The number of hydrogen-bond donors (Lipinski definition) is 1. The molecule has 6 heteroatoms. The third-order valence-corrected chi connectivity index (χ3v) is 4.54. The number of amides is 1. The Morgan fingerprint density at radius 2 is 2.07 bits per heavy atom. The van der Waals surface area contributed by atoms with Gasteiger partial charge < -0.3 is 14.6 Å². The molecule has 2 aromatic carbocycles. The fourth-order valence-corrected chi connectivity index (χ4v) is 2.80. The van der Waals surface area contributed by atoms with E-state index >= 15 is 0 Å². The summed E-state index contributed by atoms with van der Waals surface area (Å²) in [5, 5.41) is 3.17. The second-order valence-corrected chi connectivity index (χ2v) is 6.72. The van der Waals surface area contributed by atoms with Crippen LogP contribution < -0.4 is 5.32 Å². The Hall–Kier alpha value is -2.89. The van der Waals surface area contributed by atoms with Gasteiger partial charge in [0, 0.05) is 12.7 Å². The first-order valence-electron chi connectivity index (χ1n) is 9.06. The van der Waals surface area contributed by atoms with Crippen molar-refractivity contribution in [2.45, 2.75) is 32.9 Å². The van der Waals surface area contributed by atoms with Gasteiger partial charge in [-0.05, 0) is 42.7 Å². The molecule has 0 aliphatic heterocycles. The van der Waals surface area contributed by atoms with Crippen LogP contribution in [0.15, 0.2) is 46.9 Å². The molecule has 1 aromatic heterocycles. The molecular formula is C21H24FN3O2. The number of carbonyl (C=O) groups is 1. The van der Waals surface area contributed by atoms with Gasteiger partial charge in [0.15, 0.2) is 5.58 Å². The van der Waals surface area contributed by atoms with Gasteiger partial charge in [-0.2, -0.15) is 4.98 Å². The van der Waals surface area contributed by atoms with Crippen molar-refractivity contribution in [3.8, 4) is 0 Å². The van der Waals surface area contributed by atoms with Gasteiger partial charge in [-0.3, -0.25) is 4.79 Å². The molecule has 1 amide bonds. The van der Waals surface area contributed by atoms with Gasteiger partial charge in [0.25, 0.3) is 6.01 Å². The van der Waals surface area contributed by atoms with E-state index in [1.165, 1.54) is 4.90 Å². The maximum atomic E-state index is 13.5. The lowest BCUT2D eigenvalue weighted by molar-refractivity contribution is -0.129. The molecule has 27 heavy (non-hydrogen) atoms. The van der Waals surface area contributed by atoms with Crippen molar-refractivity contribution in [1.29, 1.82) is 0 Å². The van der Waals surface area contributed by atoms with Gasteiger partial charge in [-0.25, -0.2) is 4.39 Å². The number of nitrogens with one attached hydrogen (secondary N) is 1. The molecule has 0 bridgehead atoms. The first kappa shape index (κ1) is 18.9. The van der Waals surface area contributed by atoms with Crippen molar-refractivity contribution in [3.63, 3.8) is 0 Å². The van der Waals surface area contributed by atoms with Gasteiger partial charge in [0.2, 0.25) is 5.91 Å². The van der Waals surface area contributed by atoms with Crippen LogP contribution in [0, 0.1) is 6.92 Å². The van der Waals surface area contributed by atoms with E-state index in [9.17, 15) is 9.18 Å². The third-order valence-electron chi connectivity index (χ3n) is 4.54. The van der Waals surface area contributed by atoms with Crippen LogP contribution in [0.25, 0.3) is 11.1 Å². The molecule has 0 aliphatic carbocycles. The Balaban J connectivity index is 1.72. The fourth-order valence-electron chi connectivity index (χ4n) is 2.80. The number of aryl methyl sites for hydroxylation is 1. The van der Waals surface area contributed by atoms with Crippen LogP contribution in [0.4, 0.5) is 16.1 Å². The molecule has 0 fully saturated rings. The Kier molecular flexibility index (Phi) is 5.74. The zero-order valence-electron chi connectivity index (χ0n) is 15.8. The number of para-hydroxylation sites is 1. The molecular weight excluding hydrogens is 345 g/mol. The molecule has 0 aliphatic rings. The number of oxazole rings is 1. The molecule has 0 spiro atoms. The van der Waals surface area contributed by atoms with Crippen LogP contribution in [0.5, 0.6) is 0 Å². The van der Waals surface area contributed by atoms with E-state index in [0.717, 1.165) is 16.8 Å². The normalized spacial score (nSPS) is 12.1. The van der Waals surface area contributed by atoms with Crippen molar-refractivity contribution in [1.82, 2.24) is 9.88 Å². The number of carbonyl (C=O) groups excluding carboxylic acids is 1. The first-order valence-corrected chi connectivity index (χ1v) is 9.06. The van der Waals surface area contributed by atoms with E-state index in [1.807, 2.05) is 49.4 Å². The monoisotopic (exact) mass is 369 g/mol.